The third-order valence-electron chi connectivity index (χ3n) is 3.85. The highest BCUT2D eigenvalue weighted by atomic mass is 15.1. The molecular formula is C17H24N2. The molecule has 2 N–H and O–H groups in total. The molecule has 2 aromatic carbocycles. The normalized spacial score (nSPS) is 13.1. The predicted molar refractivity (Wildman–Crippen MR) is 83.3 cm³/mol. The van der Waals surface area contributed by atoms with Crippen LogP contribution in [0, 0.1) is 0 Å². The Morgan fingerprint density at radius 1 is 1.00 bits per heavy atom. The van der Waals surface area contributed by atoms with Gasteiger partial charge in [-0.15, -0.1) is 0 Å². The lowest BCUT2D eigenvalue weighted by Crippen LogP contribution is -2.27. The van der Waals surface area contributed by atoms with Crippen LogP contribution in [0.25, 0.3) is 10.8 Å². The molecule has 2 rings (SSSR count). The Hall–Kier alpha value is -1.38. The Labute approximate surface area is 116 Å². The first kappa shape index (κ1) is 14.0. The summed E-state index contributed by atoms with van der Waals surface area (Å²) >= 11 is 0. The molecule has 0 aromatic heterocycles. The number of nitrogens with zero attached hydrogens (tertiary/aromatic N) is 1. The molecule has 0 aliphatic heterocycles. The molecule has 0 saturated carbocycles. The smallest absolute Gasteiger partial charge is 0.0307 e. The minimum Gasteiger partial charge on any atom is -0.324 e. The van der Waals surface area contributed by atoms with E-state index in [0.717, 1.165) is 26.1 Å². The Morgan fingerprint density at radius 3 is 2.37 bits per heavy atom. The molecule has 1 atom stereocenters. The van der Waals surface area contributed by atoms with Gasteiger partial charge in [-0.05, 0) is 48.5 Å². The van der Waals surface area contributed by atoms with Crippen molar-refractivity contribution >= 4 is 10.8 Å². The summed E-state index contributed by atoms with van der Waals surface area (Å²) in [5.74, 6) is 0. The van der Waals surface area contributed by atoms with Crippen LogP contribution < -0.4 is 5.73 Å². The Kier molecular flexibility index (Phi) is 4.94. The van der Waals surface area contributed by atoms with Crippen molar-refractivity contribution in [3.63, 3.8) is 0 Å². The van der Waals surface area contributed by atoms with Gasteiger partial charge in [-0.1, -0.05) is 50.2 Å². The van der Waals surface area contributed by atoms with E-state index < -0.39 is 0 Å². The van der Waals surface area contributed by atoms with Crippen molar-refractivity contribution < 1.29 is 0 Å². The minimum atomic E-state index is 0.130. The standard InChI is InChI=1S/C17H24N2/c1-3-19(4-2)12-11-17(18)16-10-9-14-7-5-6-8-15(14)13-16/h5-10,13,17H,3-4,11-12,18H2,1-2H3. The van der Waals surface area contributed by atoms with Crippen LogP contribution in [-0.2, 0) is 0 Å². The second-order valence-corrected chi connectivity index (χ2v) is 5.03. The summed E-state index contributed by atoms with van der Waals surface area (Å²) < 4.78 is 0. The number of nitrogens with two attached hydrogens (primary N) is 1. The lowest BCUT2D eigenvalue weighted by molar-refractivity contribution is 0.291. The molecule has 0 saturated heterocycles. The van der Waals surface area contributed by atoms with Crippen LogP contribution in [0.3, 0.4) is 0 Å². The van der Waals surface area contributed by atoms with E-state index in [2.05, 4.69) is 61.2 Å². The molecule has 2 heteroatoms. The first-order chi connectivity index (χ1) is 9.24. The van der Waals surface area contributed by atoms with Gasteiger partial charge in [0, 0.05) is 6.04 Å². The molecule has 2 nitrogen and oxygen atoms in total. The lowest BCUT2D eigenvalue weighted by Gasteiger charge is -2.20. The number of fused-ring (bicyclic) bond motifs is 1. The maximum absolute atomic E-state index is 6.32. The molecule has 0 aliphatic carbocycles. The van der Waals surface area contributed by atoms with Crippen molar-refractivity contribution in [3.8, 4) is 0 Å². The predicted octanol–water partition coefficient (Wildman–Crippen LogP) is 3.57. The third kappa shape index (κ3) is 3.55. The molecule has 0 bridgehead atoms. The van der Waals surface area contributed by atoms with E-state index in [4.69, 9.17) is 5.73 Å². The second kappa shape index (κ2) is 6.69. The van der Waals surface area contributed by atoms with Crippen LogP contribution in [0.15, 0.2) is 42.5 Å². The Balaban J connectivity index is 2.06. The molecule has 0 radical (unpaired) electrons. The summed E-state index contributed by atoms with van der Waals surface area (Å²) in [5, 5.41) is 2.56. The van der Waals surface area contributed by atoms with Gasteiger partial charge in [0.05, 0.1) is 0 Å². The summed E-state index contributed by atoms with van der Waals surface area (Å²) in [6.45, 7) is 7.67. The van der Waals surface area contributed by atoms with Crippen molar-refractivity contribution in [2.24, 2.45) is 5.73 Å². The van der Waals surface area contributed by atoms with E-state index in [0.29, 0.717) is 0 Å². The number of hydrogen-bond donors (Lipinski definition) is 1. The van der Waals surface area contributed by atoms with Crippen LogP contribution in [0.5, 0.6) is 0 Å². The SMILES string of the molecule is CCN(CC)CCC(N)c1ccc2ccccc2c1. The maximum atomic E-state index is 6.32. The van der Waals surface area contributed by atoms with E-state index in [1.807, 2.05) is 0 Å². The number of benzene rings is 2. The van der Waals surface area contributed by atoms with Crippen molar-refractivity contribution in [1.82, 2.24) is 4.90 Å². The van der Waals surface area contributed by atoms with Crippen LogP contribution >= 0.6 is 0 Å². The molecule has 0 heterocycles. The van der Waals surface area contributed by atoms with E-state index in [1.165, 1.54) is 16.3 Å². The molecule has 2 aromatic rings. The summed E-state index contributed by atoms with van der Waals surface area (Å²) in [5.41, 5.74) is 7.56. The zero-order valence-electron chi connectivity index (χ0n) is 12.0. The van der Waals surface area contributed by atoms with Crippen molar-refractivity contribution in [3.05, 3.63) is 48.0 Å². The van der Waals surface area contributed by atoms with E-state index in [-0.39, 0.29) is 6.04 Å². The minimum absolute atomic E-state index is 0.130. The maximum Gasteiger partial charge on any atom is 0.0307 e. The van der Waals surface area contributed by atoms with Gasteiger partial charge >= 0.3 is 0 Å². The summed E-state index contributed by atoms with van der Waals surface area (Å²) in [7, 11) is 0. The van der Waals surface area contributed by atoms with Gasteiger partial charge in [0.1, 0.15) is 0 Å². The topological polar surface area (TPSA) is 29.3 Å². The second-order valence-electron chi connectivity index (χ2n) is 5.03. The highest BCUT2D eigenvalue weighted by Gasteiger charge is 2.08. The highest BCUT2D eigenvalue weighted by Crippen LogP contribution is 2.21. The third-order valence-corrected chi connectivity index (χ3v) is 3.85. The molecular weight excluding hydrogens is 232 g/mol. The molecule has 0 amide bonds. The van der Waals surface area contributed by atoms with Gasteiger partial charge in [0.15, 0.2) is 0 Å². The highest BCUT2D eigenvalue weighted by molar-refractivity contribution is 5.83. The van der Waals surface area contributed by atoms with Crippen LogP contribution in [0.2, 0.25) is 0 Å². The molecule has 1 unspecified atom stereocenters. The van der Waals surface area contributed by atoms with Gasteiger partial charge in [0.25, 0.3) is 0 Å². The molecule has 102 valence electrons. The quantitative estimate of drug-likeness (QED) is 0.856. The van der Waals surface area contributed by atoms with Crippen molar-refractivity contribution in [2.75, 3.05) is 19.6 Å². The summed E-state index contributed by atoms with van der Waals surface area (Å²) in [6, 6.07) is 15.1. The molecule has 19 heavy (non-hydrogen) atoms. The zero-order valence-corrected chi connectivity index (χ0v) is 12.0. The monoisotopic (exact) mass is 256 g/mol. The van der Waals surface area contributed by atoms with Crippen LogP contribution in [0.1, 0.15) is 31.9 Å². The van der Waals surface area contributed by atoms with E-state index in [1.54, 1.807) is 0 Å². The number of hydrogen-bond acceptors (Lipinski definition) is 2. The number of rotatable bonds is 6. The fraction of sp³-hybridized carbons (Fsp3) is 0.412. The largest absolute Gasteiger partial charge is 0.324 e. The van der Waals surface area contributed by atoms with Gasteiger partial charge < -0.3 is 10.6 Å². The average Bonchev–Trinajstić information content (AvgIpc) is 2.47. The molecule has 0 aliphatic rings. The van der Waals surface area contributed by atoms with Gasteiger partial charge in [-0.3, -0.25) is 0 Å². The lowest BCUT2D eigenvalue weighted by atomic mass is 10.0. The fourth-order valence-electron chi connectivity index (χ4n) is 2.47. The van der Waals surface area contributed by atoms with Gasteiger partial charge in [0.2, 0.25) is 0 Å². The van der Waals surface area contributed by atoms with Crippen molar-refractivity contribution in [1.29, 1.82) is 0 Å². The first-order valence-corrected chi connectivity index (χ1v) is 7.21. The van der Waals surface area contributed by atoms with E-state index in [9.17, 15) is 0 Å². The van der Waals surface area contributed by atoms with Crippen LogP contribution in [0.4, 0.5) is 0 Å². The molecule has 0 fully saturated rings. The van der Waals surface area contributed by atoms with Gasteiger partial charge in [-0.2, -0.15) is 0 Å². The van der Waals surface area contributed by atoms with Gasteiger partial charge in [-0.25, -0.2) is 0 Å². The summed E-state index contributed by atoms with van der Waals surface area (Å²) in [4.78, 5) is 2.42. The fourth-order valence-corrected chi connectivity index (χ4v) is 2.47. The van der Waals surface area contributed by atoms with Crippen molar-refractivity contribution in [2.45, 2.75) is 26.3 Å². The van der Waals surface area contributed by atoms with Crippen LogP contribution in [-0.4, -0.2) is 24.5 Å². The molecule has 0 spiro atoms. The first-order valence-electron chi connectivity index (χ1n) is 7.21. The van der Waals surface area contributed by atoms with E-state index >= 15 is 0 Å². The Morgan fingerprint density at radius 2 is 1.68 bits per heavy atom. The summed E-state index contributed by atoms with van der Waals surface area (Å²) in [6.07, 6.45) is 1.01. The Bertz CT molecular complexity index is 517. The zero-order chi connectivity index (χ0) is 13.7. The average molecular weight is 256 g/mol.